The summed E-state index contributed by atoms with van der Waals surface area (Å²) in [6.07, 6.45) is 1.62. The molecule has 0 radical (unpaired) electrons. The number of ether oxygens (including phenoxy) is 1. The topological polar surface area (TPSA) is 94.3 Å². The lowest BCUT2D eigenvalue weighted by Gasteiger charge is -2.07. The number of carbonyl (C=O) groups is 2. The Bertz CT molecular complexity index is 446. The number of aromatic nitrogens is 1. The van der Waals surface area contributed by atoms with Crippen LogP contribution in [-0.4, -0.2) is 30.0 Å². The molecule has 0 unspecified atom stereocenters. The molecule has 1 aromatic rings. The fraction of sp³-hybridized carbons (Fsp3) is 0.417. The number of nitrogens with zero attached hydrogens (tertiary/aromatic N) is 1. The third-order valence-corrected chi connectivity index (χ3v) is 2.26. The first-order valence-corrected chi connectivity index (χ1v) is 5.70. The van der Waals surface area contributed by atoms with E-state index in [0.29, 0.717) is 23.5 Å². The standard InChI is InChI=1S/C12H17N3O3/c1-3-14-11(16)4-5-18-12(17)10-6-9(13)7-15-8(10)2/h6-7H,3-5,13H2,1-2H3,(H,14,16). The minimum atomic E-state index is -0.517. The van der Waals surface area contributed by atoms with Crippen LogP contribution >= 0.6 is 0 Å². The Labute approximate surface area is 106 Å². The van der Waals surface area contributed by atoms with E-state index in [-0.39, 0.29) is 18.9 Å². The van der Waals surface area contributed by atoms with Crippen LogP contribution < -0.4 is 11.1 Å². The van der Waals surface area contributed by atoms with E-state index in [9.17, 15) is 9.59 Å². The molecule has 98 valence electrons. The molecule has 6 heteroatoms. The van der Waals surface area contributed by atoms with Crippen molar-refractivity contribution in [3.05, 3.63) is 23.5 Å². The van der Waals surface area contributed by atoms with Gasteiger partial charge in [0.15, 0.2) is 0 Å². The van der Waals surface area contributed by atoms with E-state index in [1.54, 1.807) is 6.92 Å². The number of hydrogen-bond donors (Lipinski definition) is 2. The van der Waals surface area contributed by atoms with Crippen LogP contribution in [-0.2, 0) is 9.53 Å². The molecule has 1 heterocycles. The molecule has 0 aliphatic rings. The lowest BCUT2D eigenvalue weighted by atomic mass is 10.2. The van der Waals surface area contributed by atoms with Crippen LogP contribution in [0.4, 0.5) is 5.69 Å². The lowest BCUT2D eigenvalue weighted by Crippen LogP contribution is -2.24. The van der Waals surface area contributed by atoms with Gasteiger partial charge < -0.3 is 15.8 Å². The van der Waals surface area contributed by atoms with Crippen molar-refractivity contribution in [1.29, 1.82) is 0 Å². The first kappa shape index (κ1) is 14.0. The molecular weight excluding hydrogens is 234 g/mol. The van der Waals surface area contributed by atoms with E-state index < -0.39 is 5.97 Å². The van der Waals surface area contributed by atoms with Crippen LogP contribution in [0.2, 0.25) is 0 Å². The monoisotopic (exact) mass is 251 g/mol. The predicted molar refractivity (Wildman–Crippen MR) is 67.0 cm³/mol. The summed E-state index contributed by atoms with van der Waals surface area (Å²) < 4.78 is 4.99. The van der Waals surface area contributed by atoms with E-state index in [1.165, 1.54) is 12.3 Å². The number of rotatable bonds is 5. The fourth-order valence-corrected chi connectivity index (χ4v) is 1.36. The maximum absolute atomic E-state index is 11.7. The zero-order valence-corrected chi connectivity index (χ0v) is 10.5. The number of aryl methyl sites for hydroxylation is 1. The minimum absolute atomic E-state index is 0.0406. The molecule has 1 aromatic heterocycles. The number of hydrogen-bond acceptors (Lipinski definition) is 5. The summed E-state index contributed by atoms with van der Waals surface area (Å²) in [5, 5.41) is 2.62. The Balaban J connectivity index is 2.50. The van der Waals surface area contributed by atoms with Gasteiger partial charge in [-0.15, -0.1) is 0 Å². The average Bonchev–Trinajstić information content (AvgIpc) is 2.32. The van der Waals surface area contributed by atoms with E-state index in [1.807, 2.05) is 6.92 Å². The zero-order valence-electron chi connectivity index (χ0n) is 10.5. The number of nitrogens with two attached hydrogens (primary N) is 1. The molecule has 0 aromatic carbocycles. The highest BCUT2D eigenvalue weighted by molar-refractivity contribution is 5.91. The highest BCUT2D eigenvalue weighted by Gasteiger charge is 2.12. The molecule has 1 rings (SSSR count). The van der Waals surface area contributed by atoms with E-state index in [2.05, 4.69) is 10.3 Å². The molecule has 0 bridgehead atoms. The van der Waals surface area contributed by atoms with Crippen molar-refractivity contribution < 1.29 is 14.3 Å². The van der Waals surface area contributed by atoms with Gasteiger partial charge in [0, 0.05) is 6.54 Å². The summed E-state index contributed by atoms with van der Waals surface area (Å²) in [4.78, 5) is 26.8. The van der Waals surface area contributed by atoms with Crippen molar-refractivity contribution in [2.45, 2.75) is 20.3 Å². The molecule has 0 saturated carbocycles. The predicted octanol–water partition coefficient (Wildman–Crippen LogP) is 0.655. The Morgan fingerprint density at radius 2 is 2.22 bits per heavy atom. The summed E-state index contributed by atoms with van der Waals surface area (Å²) in [6, 6.07) is 1.51. The molecule has 0 fully saturated rings. The van der Waals surface area contributed by atoms with E-state index in [4.69, 9.17) is 10.5 Å². The van der Waals surface area contributed by atoms with Crippen LogP contribution in [0.15, 0.2) is 12.3 Å². The van der Waals surface area contributed by atoms with Crippen LogP contribution in [0.3, 0.4) is 0 Å². The maximum Gasteiger partial charge on any atom is 0.340 e. The molecular formula is C12H17N3O3. The third-order valence-electron chi connectivity index (χ3n) is 2.26. The Morgan fingerprint density at radius 3 is 2.89 bits per heavy atom. The fourth-order valence-electron chi connectivity index (χ4n) is 1.36. The summed E-state index contributed by atoms with van der Waals surface area (Å²) in [6.45, 7) is 4.12. The second-order valence-electron chi connectivity index (χ2n) is 3.74. The summed E-state index contributed by atoms with van der Waals surface area (Å²) in [5.74, 6) is -0.663. The first-order valence-electron chi connectivity index (χ1n) is 5.70. The van der Waals surface area contributed by atoms with Gasteiger partial charge in [0.1, 0.15) is 6.61 Å². The van der Waals surface area contributed by atoms with Crippen molar-refractivity contribution in [1.82, 2.24) is 10.3 Å². The quantitative estimate of drug-likeness (QED) is 0.749. The molecule has 18 heavy (non-hydrogen) atoms. The Hall–Kier alpha value is -2.11. The van der Waals surface area contributed by atoms with Gasteiger partial charge in [-0.2, -0.15) is 0 Å². The van der Waals surface area contributed by atoms with Crippen molar-refractivity contribution in [3.8, 4) is 0 Å². The largest absolute Gasteiger partial charge is 0.462 e. The minimum Gasteiger partial charge on any atom is -0.462 e. The van der Waals surface area contributed by atoms with E-state index in [0.717, 1.165) is 0 Å². The van der Waals surface area contributed by atoms with Gasteiger partial charge in [0.2, 0.25) is 5.91 Å². The summed E-state index contributed by atoms with van der Waals surface area (Å²) in [5.41, 5.74) is 6.82. The van der Waals surface area contributed by atoms with E-state index >= 15 is 0 Å². The van der Waals surface area contributed by atoms with Gasteiger partial charge >= 0.3 is 5.97 Å². The molecule has 3 N–H and O–H groups in total. The smallest absolute Gasteiger partial charge is 0.340 e. The SMILES string of the molecule is CCNC(=O)CCOC(=O)c1cc(N)cnc1C. The number of nitrogen functional groups attached to an aromatic ring is 1. The second kappa shape index (κ2) is 6.58. The molecule has 6 nitrogen and oxygen atoms in total. The van der Waals surface area contributed by atoms with Crippen molar-refractivity contribution >= 4 is 17.6 Å². The normalized spacial score (nSPS) is 9.89. The van der Waals surface area contributed by atoms with Gasteiger partial charge in [0.05, 0.1) is 29.6 Å². The molecule has 0 aliphatic heterocycles. The Morgan fingerprint density at radius 1 is 1.50 bits per heavy atom. The average molecular weight is 251 g/mol. The molecule has 0 atom stereocenters. The first-order chi connectivity index (χ1) is 8.54. The zero-order chi connectivity index (χ0) is 13.5. The van der Waals surface area contributed by atoms with Crippen molar-refractivity contribution in [2.75, 3.05) is 18.9 Å². The maximum atomic E-state index is 11.7. The molecule has 1 amide bonds. The summed E-state index contributed by atoms with van der Waals surface area (Å²) >= 11 is 0. The number of amides is 1. The van der Waals surface area contributed by atoms with Gasteiger partial charge in [0.25, 0.3) is 0 Å². The van der Waals surface area contributed by atoms with Gasteiger partial charge in [-0.1, -0.05) is 0 Å². The van der Waals surface area contributed by atoms with Crippen LogP contribution in [0, 0.1) is 6.92 Å². The third kappa shape index (κ3) is 4.04. The van der Waals surface area contributed by atoms with Crippen LogP contribution in [0.5, 0.6) is 0 Å². The number of carbonyl (C=O) groups excluding carboxylic acids is 2. The molecule has 0 spiro atoms. The van der Waals surface area contributed by atoms with Gasteiger partial charge in [-0.25, -0.2) is 4.79 Å². The van der Waals surface area contributed by atoms with Crippen LogP contribution in [0.1, 0.15) is 29.4 Å². The number of esters is 1. The lowest BCUT2D eigenvalue weighted by molar-refractivity contribution is -0.121. The summed E-state index contributed by atoms with van der Waals surface area (Å²) in [7, 11) is 0. The number of anilines is 1. The number of pyridine rings is 1. The highest BCUT2D eigenvalue weighted by Crippen LogP contribution is 2.10. The number of nitrogens with one attached hydrogen (secondary N) is 1. The van der Waals surface area contributed by atoms with Crippen molar-refractivity contribution in [2.24, 2.45) is 0 Å². The van der Waals surface area contributed by atoms with Gasteiger partial charge in [-0.3, -0.25) is 9.78 Å². The van der Waals surface area contributed by atoms with Crippen LogP contribution in [0.25, 0.3) is 0 Å². The molecule has 0 aliphatic carbocycles. The highest BCUT2D eigenvalue weighted by atomic mass is 16.5. The second-order valence-corrected chi connectivity index (χ2v) is 3.74. The molecule has 0 saturated heterocycles. The van der Waals surface area contributed by atoms with Gasteiger partial charge in [-0.05, 0) is 19.9 Å². The Kier molecular flexibility index (Phi) is 5.10. The van der Waals surface area contributed by atoms with Crippen molar-refractivity contribution in [3.63, 3.8) is 0 Å².